The Labute approximate surface area is 92.8 Å². The fourth-order valence-corrected chi connectivity index (χ4v) is 1.33. The first-order valence-corrected chi connectivity index (χ1v) is 5.72. The minimum absolute atomic E-state index is 0.0470. The first-order valence-electron chi connectivity index (χ1n) is 5.72. The number of esters is 1. The smallest absolute Gasteiger partial charge is 0.311 e. The van der Waals surface area contributed by atoms with Crippen LogP contribution >= 0.6 is 0 Å². The summed E-state index contributed by atoms with van der Waals surface area (Å²) in [6.07, 6.45) is 3.51. The maximum Gasteiger partial charge on any atom is 0.311 e. The van der Waals surface area contributed by atoms with E-state index >= 15 is 0 Å². The third-order valence-corrected chi connectivity index (χ3v) is 2.36. The molecule has 0 aromatic carbocycles. The van der Waals surface area contributed by atoms with E-state index < -0.39 is 5.41 Å². The Kier molecular flexibility index (Phi) is 6.57. The molecule has 0 bridgehead atoms. The molecule has 0 aliphatic rings. The van der Waals surface area contributed by atoms with Gasteiger partial charge in [-0.15, -0.1) is 0 Å². The highest BCUT2D eigenvalue weighted by molar-refractivity contribution is 5.75. The summed E-state index contributed by atoms with van der Waals surface area (Å²) in [7, 11) is 0. The molecule has 0 fully saturated rings. The summed E-state index contributed by atoms with van der Waals surface area (Å²) in [6, 6.07) is 0. The highest BCUT2D eigenvalue weighted by Crippen LogP contribution is 2.25. The van der Waals surface area contributed by atoms with Crippen LogP contribution in [0.15, 0.2) is 0 Å². The second-order valence-corrected chi connectivity index (χ2v) is 4.87. The molecule has 0 aliphatic carbocycles. The molecule has 0 aromatic heterocycles. The van der Waals surface area contributed by atoms with Gasteiger partial charge in [-0.2, -0.15) is 0 Å². The highest BCUT2D eigenvalue weighted by Gasteiger charge is 2.29. The first-order chi connectivity index (χ1) is 6.90. The molecule has 0 aliphatic heterocycles. The van der Waals surface area contributed by atoms with E-state index in [1.165, 1.54) is 0 Å². The minimum atomic E-state index is -0.403. The molecule has 3 heteroatoms. The SMILES string of the molecule is CC(C)OC(=O)C(C)(C)CCCCCO. The Morgan fingerprint density at radius 3 is 2.33 bits per heavy atom. The van der Waals surface area contributed by atoms with Crippen molar-refractivity contribution in [2.24, 2.45) is 5.41 Å². The average Bonchev–Trinajstić information content (AvgIpc) is 2.11. The number of carbonyl (C=O) groups is 1. The van der Waals surface area contributed by atoms with Crippen LogP contribution in [0.25, 0.3) is 0 Å². The summed E-state index contributed by atoms with van der Waals surface area (Å²) in [5.74, 6) is -0.124. The van der Waals surface area contributed by atoms with E-state index in [0.29, 0.717) is 0 Å². The van der Waals surface area contributed by atoms with Crippen molar-refractivity contribution in [2.75, 3.05) is 6.61 Å². The quantitative estimate of drug-likeness (QED) is 0.525. The number of ether oxygens (including phenoxy) is 1. The second-order valence-electron chi connectivity index (χ2n) is 4.87. The van der Waals surface area contributed by atoms with Crippen LogP contribution in [0.5, 0.6) is 0 Å². The normalized spacial score (nSPS) is 11.9. The van der Waals surface area contributed by atoms with Gasteiger partial charge < -0.3 is 9.84 Å². The number of hydrogen-bond donors (Lipinski definition) is 1. The van der Waals surface area contributed by atoms with Crippen LogP contribution in [0.3, 0.4) is 0 Å². The average molecular weight is 216 g/mol. The van der Waals surface area contributed by atoms with Gasteiger partial charge in [0.2, 0.25) is 0 Å². The zero-order valence-corrected chi connectivity index (χ0v) is 10.4. The predicted molar refractivity (Wildman–Crippen MR) is 60.6 cm³/mol. The fourth-order valence-electron chi connectivity index (χ4n) is 1.33. The van der Waals surface area contributed by atoms with Gasteiger partial charge in [0, 0.05) is 6.61 Å². The lowest BCUT2D eigenvalue weighted by Gasteiger charge is -2.23. The maximum absolute atomic E-state index is 11.7. The summed E-state index contributed by atoms with van der Waals surface area (Å²) in [5, 5.41) is 8.63. The van der Waals surface area contributed by atoms with Crippen molar-refractivity contribution in [2.45, 2.75) is 59.5 Å². The molecule has 0 heterocycles. The van der Waals surface area contributed by atoms with Crippen LogP contribution in [-0.2, 0) is 9.53 Å². The largest absolute Gasteiger partial charge is 0.463 e. The molecule has 0 rings (SSSR count). The van der Waals surface area contributed by atoms with Crippen LogP contribution in [0.1, 0.15) is 53.4 Å². The van der Waals surface area contributed by atoms with Gasteiger partial charge in [0.05, 0.1) is 11.5 Å². The van der Waals surface area contributed by atoms with Gasteiger partial charge in [-0.3, -0.25) is 4.79 Å². The standard InChI is InChI=1S/C12H24O3/c1-10(2)15-11(14)12(3,4)8-6-5-7-9-13/h10,13H,5-9H2,1-4H3. The lowest BCUT2D eigenvalue weighted by atomic mass is 9.87. The summed E-state index contributed by atoms with van der Waals surface area (Å²) < 4.78 is 5.18. The van der Waals surface area contributed by atoms with E-state index in [0.717, 1.165) is 25.7 Å². The lowest BCUT2D eigenvalue weighted by molar-refractivity contribution is -0.158. The van der Waals surface area contributed by atoms with Gasteiger partial charge in [0.1, 0.15) is 0 Å². The summed E-state index contributed by atoms with van der Waals surface area (Å²) in [6.45, 7) is 7.78. The Bertz CT molecular complexity index is 185. The maximum atomic E-state index is 11.7. The van der Waals surface area contributed by atoms with E-state index in [9.17, 15) is 4.79 Å². The Morgan fingerprint density at radius 2 is 1.87 bits per heavy atom. The van der Waals surface area contributed by atoms with Crippen LogP contribution in [-0.4, -0.2) is 23.8 Å². The first kappa shape index (κ1) is 14.4. The van der Waals surface area contributed by atoms with Crippen molar-refractivity contribution in [3.63, 3.8) is 0 Å². The van der Waals surface area contributed by atoms with E-state index in [4.69, 9.17) is 9.84 Å². The zero-order chi connectivity index (χ0) is 11.9. The van der Waals surface area contributed by atoms with Crippen LogP contribution in [0.4, 0.5) is 0 Å². The van der Waals surface area contributed by atoms with E-state index in [1.807, 2.05) is 27.7 Å². The molecule has 15 heavy (non-hydrogen) atoms. The van der Waals surface area contributed by atoms with Gasteiger partial charge in [0.15, 0.2) is 0 Å². The Balaban J connectivity index is 3.88. The van der Waals surface area contributed by atoms with Crippen LogP contribution < -0.4 is 0 Å². The molecule has 0 saturated carbocycles. The van der Waals surface area contributed by atoms with E-state index in [-0.39, 0.29) is 18.7 Å². The van der Waals surface area contributed by atoms with Gasteiger partial charge >= 0.3 is 5.97 Å². The van der Waals surface area contributed by atoms with Gasteiger partial charge in [-0.1, -0.05) is 12.8 Å². The molecule has 0 radical (unpaired) electrons. The summed E-state index contributed by atoms with van der Waals surface area (Å²) in [4.78, 5) is 11.7. The Hall–Kier alpha value is -0.570. The van der Waals surface area contributed by atoms with Crippen molar-refractivity contribution >= 4 is 5.97 Å². The molecule has 0 unspecified atom stereocenters. The molecular weight excluding hydrogens is 192 g/mol. The van der Waals surface area contributed by atoms with E-state index in [2.05, 4.69) is 0 Å². The molecule has 0 amide bonds. The molecule has 0 aromatic rings. The molecule has 0 spiro atoms. The van der Waals surface area contributed by atoms with Crippen LogP contribution in [0.2, 0.25) is 0 Å². The number of hydrogen-bond acceptors (Lipinski definition) is 3. The van der Waals surface area contributed by atoms with Gasteiger partial charge in [-0.05, 0) is 40.5 Å². The summed E-state index contributed by atoms with van der Waals surface area (Å²) >= 11 is 0. The van der Waals surface area contributed by atoms with Crippen molar-refractivity contribution in [1.82, 2.24) is 0 Å². The number of aliphatic hydroxyl groups is 1. The minimum Gasteiger partial charge on any atom is -0.463 e. The number of unbranched alkanes of at least 4 members (excludes halogenated alkanes) is 2. The zero-order valence-electron chi connectivity index (χ0n) is 10.4. The van der Waals surface area contributed by atoms with Gasteiger partial charge in [0.25, 0.3) is 0 Å². The monoisotopic (exact) mass is 216 g/mol. The number of carbonyl (C=O) groups excluding carboxylic acids is 1. The topological polar surface area (TPSA) is 46.5 Å². The molecule has 90 valence electrons. The second kappa shape index (κ2) is 6.83. The van der Waals surface area contributed by atoms with E-state index in [1.54, 1.807) is 0 Å². The molecule has 0 saturated heterocycles. The van der Waals surface area contributed by atoms with Crippen LogP contribution in [0, 0.1) is 5.41 Å². The summed E-state index contributed by atoms with van der Waals surface area (Å²) in [5.41, 5.74) is -0.403. The predicted octanol–water partition coefficient (Wildman–Crippen LogP) is 2.52. The van der Waals surface area contributed by atoms with Crippen molar-refractivity contribution in [1.29, 1.82) is 0 Å². The Morgan fingerprint density at radius 1 is 1.27 bits per heavy atom. The molecule has 3 nitrogen and oxygen atoms in total. The fraction of sp³-hybridized carbons (Fsp3) is 0.917. The molecule has 0 atom stereocenters. The molecular formula is C12H24O3. The van der Waals surface area contributed by atoms with Crippen molar-refractivity contribution < 1.29 is 14.6 Å². The lowest BCUT2D eigenvalue weighted by Crippen LogP contribution is -2.28. The highest BCUT2D eigenvalue weighted by atomic mass is 16.5. The van der Waals surface area contributed by atoms with Crippen molar-refractivity contribution in [3.05, 3.63) is 0 Å². The molecule has 1 N–H and O–H groups in total. The van der Waals surface area contributed by atoms with Crippen molar-refractivity contribution in [3.8, 4) is 0 Å². The third-order valence-electron chi connectivity index (χ3n) is 2.36. The van der Waals surface area contributed by atoms with Gasteiger partial charge in [-0.25, -0.2) is 0 Å². The third kappa shape index (κ3) is 6.50. The number of aliphatic hydroxyl groups excluding tert-OH is 1. The number of rotatable bonds is 7.